The van der Waals surface area contributed by atoms with Crippen LogP contribution in [0, 0.1) is 0 Å². The zero-order chi connectivity index (χ0) is 14.0. The van der Waals surface area contributed by atoms with Crippen molar-refractivity contribution in [1.29, 1.82) is 0 Å². The Morgan fingerprint density at radius 3 is 2.53 bits per heavy atom. The highest BCUT2D eigenvalue weighted by molar-refractivity contribution is 7.19. The molecule has 0 N–H and O–H groups in total. The van der Waals surface area contributed by atoms with E-state index >= 15 is 0 Å². The van der Waals surface area contributed by atoms with E-state index in [4.69, 9.17) is 0 Å². The van der Waals surface area contributed by atoms with Gasteiger partial charge in [0.25, 0.3) is 0 Å². The van der Waals surface area contributed by atoms with Crippen molar-refractivity contribution in [1.82, 2.24) is 9.97 Å². The summed E-state index contributed by atoms with van der Waals surface area (Å²) in [5.74, 6) is -0.409. The first-order valence-corrected chi connectivity index (χ1v) is 7.74. The number of methoxy groups -OCH3 is 1. The molecule has 102 valence electrons. The number of esters is 1. The van der Waals surface area contributed by atoms with Crippen LogP contribution in [0.25, 0.3) is 10.0 Å². The van der Waals surface area contributed by atoms with Gasteiger partial charge in [0.15, 0.2) is 15.7 Å². The number of ether oxygens (including phenoxy) is 1. The number of aromatic nitrogens is 2. The molecule has 2 aromatic heterocycles. The Bertz CT molecular complexity index is 587. The smallest absolute Gasteiger partial charge is 0.357 e. The van der Waals surface area contributed by atoms with Gasteiger partial charge < -0.3 is 4.74 Å². The van der Waals surface area contributed by atoms with Gasteiger partial charge in [-0.05, 0) is 6.42 Å². The lowest BCUT2D eigenvalue weighted by Crippen LogP contribution is -2.15. The Balaban J connectivity index is 2.28. The van der Waals surface area contributed by atoms with Gasteiger partial charge in [0.1, 0.15) is 0 Å². The topological polar surface area (TPSA) is 52.1 Å². The van der Waals surface area contributed by atoms with Gasteiger partial charge in [-0.25, -0.2) is 14.8 Å². The van der Waals surface area contributed by atoms with Crippen LogP contribution < -0.4 is 0 Å². The van der Waals surface area contributed by atoms with E-state index in [0.29, 0.717) is 5.69 Å². The monoisotopic (exact) mass is 296 g/mol. The number of nitrogens with zero attached hydrogens (tertiary/aromatic N) is 2. The van der Waals surface area contributed by atoms with Crippen LogP contribution in [0.1, 0.15) is 43.4 Å². The maximum atomic E-state index is 11.4. The predicted octanol–water partition coefficient (Wildman–Crippen LogP) is 3.74. The summed E-state index contributed by atoms with van der Waals surface area (Å²) >= 11 is 2.98. The summed E-state index contributed by atoms with van der Waals surface area (Å²) in [4.78, 5) is 20.3. The highest BCUT2D eigenvalue weighted by Crippen LogP contribution is 2.33. The average Bonchev–Trinajstić information content (AvgIpc) is 3.06. The quantitative estimate of drug-likeness (QED) is 0.806. The van der Waals surface area contributed by atoms with E-state index in [-0.39, 0.29) is 5.41 Å². The van der Waals surface area contributed by atoms with Crippen LogP contribution in [0.15, 0.2) is 10.8 Å². The molecule has 6 heteroatoms. The minimum atomic E-state index is -0.409. The predicted molar refractivity (Wildman–Crippen MR) is 77.9 cm³/mol. The second-order valence-electron chi connectivity index (χ2n) is 4.80. The fraction of sp³-hybridized carbons (Fsp3) is 0.462. The third-order valence-corrected chi connectivity index (χ3v) is 4.99. The lowest BCUT2D eigenvalue weighted by molar-refractivity contribution is 0.0595. The van der Waals surface area contributed by atoms with Crippen molar-refractivity contribution in [2.24, 2.45) is 0 Å². The Hall–Kier alpha value is -1.27. The normalized spacial score (nSPS) is 11.6. The van der Waals surface area contributed by atoms with Crippen LogP contribution in [0.4, 0.5) is 0 Å². The molecular weight excluding hydrogens is 280 g/mol. The summed E-state index contributed by atoms with van der Waals surface area (Å²) in [7, 11) is 1.35. The van der Waals surface area contributed by atoms with Gasteiger partial charge in [0.05, 0.1) is 12.8 Å². The molecule has 2 rings (SSSR count). The van der Waals surface area contributed by atoms with Crippen molar-refractivity contribution in [2.75, 3.05) is 7.11 Å². The van der Waals surface area contributed by atoms with Crippen LogP contribution in [0.3, 0.4) is 0 Å². The van der Waals surface area contributed by atoms with Crippen LogP contribution in [0.2, 0.25) is 0 Å². The number of hydrogen-bond acceptors (Lipinski definition) is 6. The van der Waals surface area contributed by atoms with E-state index in [1.54, 1.807) is 16.7 Å². The molecular formula is C13H16N2O2S2. The minimum Gasteiger partial charge on any atom is -0.464 e. The molecule has 0 saturated carbocycles. The van der Waals surface area contributed by atoms with E-state index < -0.39 is 5.97 Å². The SMILES string of the molecule is CCC(C)(C)c1csc(-c2nc(C(=O)OC)cs2)n1. The Morgan fingerprint density at radius 2 is 1.89 bits per heavy atom. The third-order valence-electron chi connectivity index (χ3n) is 3.16. The lowest BCUT2D eigenvalue weighted by Gasteiger charge is -2.19. The van der Waals surface area contributed by atoms with Gasteiger partial charge in [-0.1, -0.05) is 20.8 Å². The molecule has 2 heterocycles. The van der Waals surface area contributed by atoms with E-state index in [2.05, 4.69) is 40.9 Å². The molecule has 0 aliphatic heterocycles. The first kappa shape index (κ1) is 14.1. The van der Waals surface area contributed by atoms with Gasteiger partial charge >= 0.3 is 5.97 Å². The summed E-state index contributed by atoms with van der Waals surface area (Å²) in [6, 6.07) is 0. The van der Waals surface area contributed by atoms with Crippen LogP contribution in [-0.2, 0) is 10.2 Å². The molecule has 4 nitrogen and oxygen atoms in total. The van der Waals surface area contributed by atoms with E-state index in [0.717, 1.165) is 22.1 Å². The molecule has 0 fully saturated rings. The highest BCUT2D eigenvalue weighted by atomic mass is 32.1. The highest BCUT2D eigenvalue weighted by Gasteiger charge is 2.22. The van der Waals surface area contributed by atoms with Gasteiger partial charge in [-0.3, -0.25) is 0 Å². The second kappa shape index (κ2) is 5.38. The van der Waals surface area contributed by atoms with Gasteiger partial charge in [-0.15, -0.1) is 22.7 Å². The van der Waals surface area contributed by atoms with Crippen molar-refractivity contribution in [3.8, 4) is 10.0 Å². The molecule has 19 heavy (non-hydrogen) atoms. The summed E-state index contributed by atoms with van der Waals surface area (Å²) in [5, 5.41) is 5.39. The van der Waals surface area contributed by atoms with Gasteiger partial charge in [0.2, 0.25) is 0 Å². The first-order chi connectivity index (χ1) is 8.97. The fourth-order valence-electron chi connectivity index (χ4n) is 1.43. The molecule has 0 radical (unpaired) electrons. The van der Waals surface area contributed by atoms with Crippen molar-refractivity contribution in [3.63, 3.8) is 0 Å². The number of carbonyl (C=O) groups excluding carboxylic acids is 1. The van der Waals surface area contributed by atoms with Crippen molar-refractivity contribution in [2.45, 2.75) is 32.6 Å². The van der Waals surface area contributed by atoms with Crippen LogP contribution >= 0.6 is 22.7 Å². The molecule has 0 amide bonds. The maximum Gasteiger partial charge on any atom is 0.357 e. The van der Waals surface area contributed by atoms with Gasteiger partial charge in [-0.2, -0.15) is 0 Å². The molecule has 0 atom stereocenters. The first-order valence-electron chi connectivity index (χ1n) is 5.98. The van der Waals surface area contributed by atoms with Crippen molar-refractivity contribution >= 4 is 28.6 Å². The summed E-state index contributed by atoms with van der Waals surface area (Å²) in [6.45, 7) is 6.50. The molecule has 2 aromatic rings. The van der Waals surface area contributed by atoms with Crippen LogP contribution in [0.5, 0.6) is 0 Å². The fourth-order valence-corrected chi connectivity index (χ4v) is 3.29. The Labute approximate surface area is 120 Å². The number of hydrogen-bond donors (Lipinski definition) is 0. The van der Waals surface area contributed by atoms with Crippen molar-refractivity contribution < 1.29 is 9.53 Å². The third kappa shape index (κ3) is 2.84. The number of carbonyl (C=O) groups is 1. The number of thiazole rings is 2. The maximum absolute atomic E-state index is 11.4. The molecule has 0 unspecified atom stereocenters. The van der Waals surface area contributed by atoms with E-state index in [1.807, 2.05) is 0 Å². The lowest BCUT2D eigenvalue weighted by atomic mass is 9.87. The summed E-state index contributed by atoms with van der Waals surface area (Å²) < 4.78 is 4.65. The standard InChI is InChI=1S/C13H16N2O2S2/c1-5-13(2,3)9-7-19-11(15-9)10-14-8(6-18-10)12(16)17-4/h6-7H,5H2,1-4H3. The number of rotatable bonds is 4. The summed E-state index contributed by atoms with van der Waals surface area (Å²) in [6.07, 6.45) is 1.03. The molecule has 0 bridgehead atoms. The largest absolute Gasteiger partial charge is 0.464 e. The van der Waals surface area contributed by atoms with Crippen molar-refractivity contribution in [3.05, 3.63) is 22.1 Å². The zero-order valence-corrected chi connectivity index (χ0v) is 13.0. The molecule has 0 aliphatic rings. The Morgan fingerprint density at radius 1 is 1.26 bits per heavy atom. The van der Waals surface area contributed by atoms with Gasteiger partial charge in [0, 0.05) is 16.2 Å². The minimum absolute atomic E-state index is 0.0667. The molecule has 0 spiro atoms. The van der Waals surface area contributed by atoms with E-state index in [1.165, 1.54) is 18.4 Å². The Kier molecular flexibility index (Phi) is 4.01. The van der Waals surface area contributed by atoms with E-state index in [9.17, 15) is 4.79 Å². The molecule has 0 aliphatic carbocycles. The second-order valence-corrected chi connectivity index (χ2v) is 6.52. The van der Waals surface area contributed by atoms with Crippen LogP contribution in [-0.4, -0.2) is 23.0 Å². The molecule has 0 aromatic carbocycles. The summed E-state index contributed by atoms with van der Waals surface area (Å²) in [5.41, 5.74) is 1.48. The average molecular weight is 296 g/mol. The zero-order valence-electron chi connectivity index (χ0n) is 11.4. The molecule has 0 saturated heterocycles.